The Labute approximate surface area is 162 Å². The number of amides is 1. The van der Waals surface area contributed by atoms with Gasteiger partial charge in [0, 0.05) is 12.7 Å². The average molecular weight is 382 g/mol. The monoisotopic (exact) mass is 381 g/mol. The number of carbonyl (C=O) groups excluding carboxylic acids is 1. The molecular weight excluding hydrogens is 362 g/mol. The first kappa shape index (κ1) is 17.8. The van der Waals surface area contributed by atoms with Gasteiger partial charge in [-0.25, -0.2) is 0 Å². The largest absolute Gasteiger partial charge is 0.370 e. The maximum Gasteiger partial charge on any atom is 0.252 e. The topological polar surface area (TPSA) is 56.1 Å². The van der Waals surface area contributed by atoms with Crippen LogP contribution in [0.4, 0.5) is 0 Å². The van der Waals surface area contributed by atoms with E-state index in [2.05, 4.69) is 23.6 Å². The number of nitrogens with zero attached hydrogens (tertiary/aromatic N) is 2. The molecule has 1 aliphatic rings. The lowest BCUT2D eigenvalue weighted by Crippen LogP contribution is -2.32. The van der Waals surface area contributed by atoms with Gasteiger partial charge in [0.15, 0.2) is 0 Å². The third-order valence-electron chi connectivity index (χ3n) is 4.62. The molecule has 4 rings (SSSR count). The van der Waals surface area contributed by atoms with Crippen LogP contribution >= 0.6 is 11.6 Å². The molecule has 0 aliphatic carbocycles. The number of hydrogen-bond donors (Lipinski definition) is 1. The number of aromatic nitrogens is 2. The summed E-state index contributed by atoms with van der Waals surface area (Å²) in [6.45, 7) is 1.70. The van der Waals surface area contributed by atoms with Crippen LogP contribution in [0, 0.1) is 0 Å². The van der Waals surface area contributed by atoms with Crippen LogP contribution in [0.1, 0.15) is 33.3 Å². The predicted octanol–water partition coefficient (Wildman–Crippen LogP) is 3.63. The van der Waals surface area contributed by atoms with E-state index in [0.29, 0.717) is 30.3 Å². The van der Waals surface area contributed by atoms with Gasteiger partial charge in [-0.3, -0.25) is 9.48 Å². The van der Waals surface area contributed by atoms with E-state index >= 15 is 0 Å². The third-order valence-corrected chi connectivity index (χ3v) is 4.95. The minimum absolute atomic E-state index is 0.208. The number of carbonyl (C=O) groups is 1. The smallest absolute Gasteiger partial charge is 0.252 e. The van der Waals surface area contributed by atoms with Crippen LogP contribution in [0.25, 0.3) is 0 Å². The summed E-state index contributed by atoms with van der Waals surface area (Å²) in [6, 6.07) is 17.2. The molecular formula is C21H20ClN3O2. The Kier molecular flexibility index (Phi) is 5.23. The lowest BCUT2D eigenvalue weighted by atomic mass is 10.1. The molecule has 3 aromatic rings. The molecule has 2 heterocycles. The Morgan fingerprint density at radius 3 is 2.78 bits per heavy atom. The summed E-state index contributed by atoms with van der Waals surface area (Å²) in [5, 5.41) is 8.06. The first-order valence-electron chi connectivity index (χ1n) is 8.95. The average Bonchev–Trinajstić information content (AvgIpc) is 3.10. The van der Waals surface area contributed by atoms with Gasteiger partial charge in [-0.15, -0.1) is 0 Å². The van der Waals surface area contributed by atoms with Crippen molar-refractivity contribution in [3.8, 4) is 0 Å². The van der Waals surface area contributed by atoms with Crippen LogP contribution in [0.5, 0.6) is 0 Å². The first-order chi connectivity index (χ1) is 13.2. The van der Waals surface area contributed by atoms with Crippen LogP contribution in [-0.4, -0.2) is 28.8 Å². The number of halogens is 1. The van der Waals surface area contributed by atoms with Crippen molar-refractivity contribution in [3.05, 3.63) is 88.2 Å². The zero-order valence-electron chi connectivity index (χ0n) is 14.8. The molecule has 27 heavy (non-hydrogen) atoms. The van der Waals surface area contributed by atoms with Crippen LogP contribution in [0.2, 0.25) is 5.02 Å². The summed E-state index contributed by atoms with van der Waals surface area (Å²) in [4.78, 5) is 12.4. The number of benzene rings is 2. The van der Waals surface area contributed by atoms with E-state index in [-0.39, 0.29) is 12.0 Å². The van der Waals surface area contributed by atoms with Crippen molar-refractivity contribution in [1.29, 1.82) is 0 Å². The van der Waals surface area contributed by atoms with Gasteiger partial charge >= 0.3 is 0 Å². The van der Waals surface area contributed by atoms with E-state index < -0.39 is 0 Å². The molecule has 0 spiro atoms. The number of ether oxygens (including phenoxy) is 1. The predicted molar refractivity (Wildman–Crippen MR) is 104 cm³/mol. The molecule has 0 fully saturated rings. The van der Waals surface area contributed by atoms with Crippen molar-refractivity contribution in [2.24, 2.45) is 0 Å². The molecule has 1 amide bonds. The van der Waals surface area contributed by atoms with Crippen LogP contribution in [-0.2, 0) is 17.7 Å². The van der Waals surface area contributed by atoms with Crippen molar-refractivity contribution in [3.63, 3.8) is 0 Å². The highest BCUT2D eigenvalue weighted by atomic mass is 35.5. The van der Waals surface area contributed by atoms with Gasteiger partial charge in [0.25, 0.3) is 5.91 Å². The number of hydrogen-bond acceptors (Lipinski definition) is 3. The van der Waals surface area contributed by atoms with Crippen molar-refractivity contribution in [2.45, 2.75) is 19.1 Å². The summed E-state index contributed by atoms with van der Waals surface area (Å²) < 4.78 is 7.80. The lowest BCUT2D eigenvalue weighted by Gasteiger charge is -2.22. The maximum absolute atomic E-state index is 12.4. The quantitative estimate of drug-likeness (QED) is 0.734. The molecule has 138 valence electrons. The Morgan fingerprint density at radius 2 is 1.96 bits per heavy atom. The second-order valence-electron chi connectivity index (χ2n) is 6.52. The fraction of sp³-hybridized carbons (Fsp3) is 0.238. The zero-order chi connectivity index (χ0) is 18.6. The standard InChI is InChI=1S/C21H20ClN3O2/c22-18-9-5-4-8-17(18)21(26)23-12-19-20-16(10-11-27-19)14-25(24-20)13-15-6-2-1-3-7-15/h1-9,14,19H,10-13H2,(H,23,26)/t19-/m0/s1. The van der Waals surface area contributed by atoms with E-state index in [4.69, 9.17) is 21.4 Å². The molecule has 0 radical (unpaired) electrons. The minimum atomic E-state index is -0.253. The van der Waals surface area contributed by atoms with Crippen LogP contribution in [0.3, 0.4) is 0 Å². The molecule has 2 aromatic carbocycles. The van der Waals surface area contributed by atoms with Gasteiger partial charge in [-0.2, -0.15) is 5.10 Å². The highest BCUT2D eigenvalue weighted by Gasteiger charge is 2.25. The van der Waals surface area contributed by atoms with E-state index in [1.807, 2.05) is 22.9 Å². The molecule has 0 saturated carbocycles. The van der Waals surface area contributed by atoms with Crippen LogP contribution in [0.15, 0.2) is 60.8 Å². The molecule has 0 saturated heterocycles. The van der Waals surface area contributed by atoms with Gasteiger partial charge in [-0.05, 0) is 29.7 Å². The zero-order valence-corrected chi connectivity index (χ0v) is 15.5. The molecule has 1 atom stereocenters. The summed E-state index contributed by atoms with van der Waals surface area (Å²) in [7, 11) is 0. The van der Waals surface area contributed by atoms with Crippen LogP contribution < -0.4 is 5.32 Å². The number of fused-ring (bicyclic) bond motifs is 1. The molecule has 5 nitrogen and oxygen atoms in total. The minimum Gasteiger partial charge on any atom is -0.370 e. The number of nitrogens with one attached hydrogen (secondary N) is 1. The fourth-order valence-electron chi connectivity index (χ4n) is 3.26. The Balaban J connectivity index is 1.45. The Bertz CT molecular complexity index is 940. The fourth-order valence-corrected chi connectivity index (χ4v) is 3.49. The molecule has 1 N–H and O–H groups in total. The molecule has 6 heteroatoms. The normalized spacial score (nSPS) is 16.0. The van der Waals surface area contributed by atoms with Crippen molar-refractivity contribution in [2.75, 3.05) is 13.2 Å². The van der Waals surface area contributed by atoms with E-state index in [0.717, 1.165) is 12.1 Å². The van der Waals surface area contributed by atoms with E-state index in [1.165, 1.54) is 11.1 Å². The first-order valence-corrected chi connectivity index (χ1v) is 9.33. The van der Waals surface area contributed by atoms with Crippen molar-refractivity contribution >= 4 is 17.5 Å². The van der Waals surface area contributed by atoms with E-state index in [9.17, 15) is 4.79 Å². The summed E-state index contributed by atoms with van der Waals surface area (Å²) >= 11 is 6.09. The highest BCUT2D eigenvalue weighted by Crippen LogP contribution is 2.26. The SMILES string of the molecule is O=C(NC[C@@H]1OCCc2cn(Cc3ccccc3)nc21)c1ccccc1Cl. The summed E-state index contributed by atoms with van der Waals surface area (Å²) in [5.74, 6) is -0.208. The molecule has 1 aliphatic heterocycles. The summed E-state index contributed by atoms with van der Waals surface area (Å²) in [6.07, 6.45) is 2.66. The Hall–Kier alpha value is -2.63. The molecule has 1 aromatic heterocycles. The lowest BCUT2D eigenvalue weighted by molar-refractivity contribution is 0.0383. The second kappa shape index (κ2) is 7.94. The highest BCUT2D eigenvalue weighted by molar-refractivity contribution is 6.33. The van der Waals surface area contributed by atoms with Crippen molar-refractivity contribution < 1.29 is 9.53 Å². The van der Waals surface area contributed by atoms with E-state index in [1.54, 1.807) is 24.3 Å². The maximum atomic E-state index is 12.4. The van der Waals surface area contributed by atoms with Gasteiger partial charge in [-0.1, -0.05) is 54.1 Å². The van der Waals surface area contributed by atoms with Gasteiger partial charge in [0.1, 0.15) is 6.10 Å². The molecule has 0 bridgehead atoms. The summed E-state index contributed by atoms with van der Waals surface area (Å²) in [5.41, 5.74) is 3.73. The van der Waals surface area contributed by atoms with Gasteiger partial charge in [0.05, 0.1) is 29.4 Å². The molecule has 0 unspecified atom stereocenters. The second-order valence-corrected chi connectivity index (χ2v) is 6.93. The number of rotatable bonds is 5. The van der Waals surface area contributed by atoms with Gasteiger partial charge in [0.2, 0.25) is 0 Å². The van der Waals surface area contributed by atoms with Crippen molar-refractivity contribution in [1.82, 2.24) is 15.1 Å². The Morgan fingerprint density at radius 1 is 1.19 bits per heavy atom. The third kappa shape index (κ3) is 4.04. The van der Waals surface area contributed by atoms with Gasteiger partial charge < -0.3 is 10.1 Å².